The van der Waals surface area contributed by atoms with Gasteiger partial charge in [-0.2, -0.15) is 0 Å². The number of thiophene rings is 1. The van der Waals surface area contributed by atoms with E-state index in [1.807, 2.05) is 11.3 Å². The molecule has 0 atom stereocenters. The monoisotopic (exact) mass is 793 g/mol. The van der Waals surface area contributed by atoms with Crippen molar-refractivity contribution in [3.8, 4) is 33.4 Å². The Labute approximate surface area is 360 Å². The van der Waals surface area contributed by atoms with Gasteiger partial charge >= 0.3 is 0 Å². The first kappa shape index (κ1) is 35.4. The van der Waals surface area contributed by atoms with Crippen molar-refractivity contribution in [1.82, 2.24) is 0 Å². The van der Waals surface area contributed by atoms with Crippen LogP contribution in [0.5, 0.6) is 0 Å². The molecule has 0 N–H and O–H groups in total. The highest BCUT2D eigenvalue weighted by molar-refractivity contribution is 7.26. The van der Waals surface area contributed by atoms with Gasteiger partial charge in [0, 0.05) is 26.6 Å². The van der Waals surface area contributed by atoms with Crippen molar-refractivity contribution >= 4 is 59.3 Å². The van der Waals surface area contributed by atoms with Crippen LogP contribution in [0.15, 0.2) is 237 Å². The largest absolute Gasteiger partial charge is 0.308 e. The van der Waals surface area contributed by atoms with Gasteiger partial charge in [0.25, 0.3) is 0 Å². The first-order chi connectivity index (χ1) is 30.3. The number of benzene rings is 10. The maximum Gasteiger partial charge on any atom is 0.0714 e. The first-order valence-electron chi connectivity index (χ1n) is 21.0. The van der Waals surface area contributed by atoms with Crippen molar-refractivity contribution in [2.24, 2.45) is 0 Å². The molecule has 0 radical (unpaired) electrons. The second-order valence-corrected chi connectivity index (χ2v) is 17.0. The average molecular weight is 794 g/mol. The summed E-state index contributed by atoms with van der Waals surface area (Å²) < 4.78 is 2.54. The van der Waals surface area contributed by atoms with Gasteiger partial charge in [-0.25, -0.2) is 0 Å². The molecule has 1 nitrogen and oxygen atoms in total. The van der Waals surface area contributed by atoms with Crippen LogP contribution in [-0.2, 0) is 5.41 Å². The van der Waals surface area contributed by atoms with E-state index < -0.39 is 5.41 Å². The van der Waals surface area contributed by atoms with E-state index in [1.54, 1.807) is 0 Å². The van der Waals surface area contributed by atoms with E-state index in [0.29, 0.717) is 0 Å². The molecule has 11 aromatic rings. The van der Waals surface area contributed by atoms with Crippen molar-refractivity contribution in [1.29, 1.82) is 0 Å². The molecule has 0 saturated heterocycles. The Bertz CT molecular complexity index is 3380. The molecule has 10 aromatic carbocycles. The zero-order valence-electron chi connectivity index (χ0n) is 33.4. The molecule has 0 fully saturated rings. The molecule has 0 aliphatic heterocycles. The van der Waals surface area contributed by atoms with Gasteiger partial charge in [-0.1, -0.05) is 212 Å². The lowest BCUT2D eigenvalue weighted by molar-refractivity contribution is 0.768. The Morgan fingerprint density at radius 2 is 0.869 bits per heavy atom. The number of hydrogen-bond acceptors (Lipinski definition) is 2. The summed E-state index contributed by atoms with van der Waals surface area (Å²) in [7, 11) is 0. The SMILES string of the molecule is c1ccc(-c2cccc3sc4c(N(c5ccccc5-c5cccc6ccccc56)c5cccc6c5-c5ccccc5C6(c5ccccc5)c5ccccc5)cccc4c23)cc1. The van der Waals surface area contributed by atoms with Gasteiger partial charge in [-0.05, 0) is 79.5 Å². The topological polar surface area (TPSA) is 3.24 Å². The number of anilines is 3. The maximum atomic E-state index is 2.58. The lowest BCUT2D eigenvalue weighted by Gasteiger charge is -2.34. The van der Waals surface area contributed by atoms with E-state index in [-0.39, 0.29) is 0 Å². The maximum absolute atomic E-state index is 2.58. The third kappa shape index (κ3) is 5.39. The Hall–Kier alpha value is -7.52. The molecule has 0 saturated carbocycles. The Kier molecular flexibility index (Phi) is 8.33. The summed E-state index contributed by atoms with van der Waals surface area (Å²) in [6.07, 6.45) is 0. The van der Waals surface area contributed by atoms with Gasteiger partial charge in [0.05, 0.1) is 27.2 Å². The molecule has 12 rings (SSSR count). The minimum absolute atomic E-state index is 0.528. The second kappa shape index (κ2) is 14.3. The molecule has 1 heterocycles. The van der Waals surface area contributed by atoms with Crippen molar-refractivity contribution < 1.29 is 0 Å². The minimum atomic E-state index is -0.528. The molecule has 2 heteroatoms. The van der Waals surface area contributed by atoms with E-state index in [9.17, 15) is 0 Å². The summed E-state index contributed by atoms with van der Waals surface area (Å²) in [6, 6.07) is 87.3. The van der Waals surface area contributed by atoms with Crippen LogP contribution < -0.4 is 4.90 Å². The van der Waals surface area contributed by atoms with Crippen LogP contribution in [0.3, 0.4) is 0 Å². The average Bonchev–Trinajstić information content (AvgIpc) is 3.88. The van der Waals surface area contributed by atoms with Crippen molar-refractivity contribution in [3.05, 3.63) is 259 Å². The number of para-hydroxylation sites is 1. The normalized spacial score (nSPS) is 12.7. The van der Waals surface area contributed by atoms with Gasteiger partial charge in [-0.15, -0.1) is 11.3 Å². The molecule has 1 aliphatic rings. The van der Waals surface area contributed by atoms with Crippen molar-refractivity contribution in [3.63, 3.8) is 0 Å². The zero-order chi connectivity index (χ0) is 40.3. The van der Waals surface area contributed by atoms with Gasteiger partial charge < -0.3 is 4.90 Å². The van der Waals surface area contributed by atoms with Gasteiger partial charge in [0.1, 0.15) is 0 Å². The highest BCUT2D eigenvalue weighted by atomic mass is 32.1. The molecular weight excluding hydrogens is 755 g/mol. The standard InChI is InChI=1S/C59H39NS/c1-4-20-41(21-5-1)45-31-18-39-55-56(45)49-33-17-38-54(58(49)61-55)60(52-36-15-13-29-47(52)46-32-16-23-40-22-10-11-28-44(40)46)53-37-19-35-51-57(53)48-30-12-14-34-50(48)59(51,42-24-6-2-7-25-42)43-26-8-3-9-27-43/h1-39H. The number of hydrogen-bond donors (Lipinski definition) is 0. The fourth-order valence-electron chi connectivity index (χ4n) is 10.3. The third-order valence-corrected chi connectivity index (χ3v) is 13.9. The quantitative estimate of drug-likeness (QED) is 0.155. The van der Waals surface area contributed by atoms with E-state index in [0.717, 1.165) is 17.1 Å². The predicted molar refractivity (Wildman–Crippen MR) is 260 cm³/mol. The van der Waals surface area contributed by atoms with E-state index in [2.05, 4.69) is 241 Å². The molecule has 0 amide bonds. The zero-order valence-corrected chi connectivity index (χ0v) is 34.2. The molecule has 0 bridgehead atoms. The fraction of sp³-hybridized carbons (Fsp3) is 0.0169. The van der Waals surface area contributed by atoms with Gasteiger partial charge in [0.2, 0.25) is 0 Å². The van der Waals surface area contributed by atoms with Crippen LogP contribution >= 0.6 is 11.3 Å². The first-order valence-corrected chi connectivity index (χ1v) is 21.8. The van der Waals surface area contributed by atoms with Crippen LogP contribution in [0.25, 0.3) is 64.3 Å². The Balaban J connectivity index is 1.21. The van der Waals surface area contributed by atoms with Crippen LogP contribution in [0.1, 0.15) is 22.3 Å². The highest BCUT2D eigenvalue weighted by Gasteiger charge is 2.47. The summed E-state index contributed by atoms with van der Waals surface area (Å²) in [5.41, 5.74) is 15.4. The van der Waals surface area contributed by atoms with Gasteiger partial charge in [0.15, 0.2) is 0 Å². The summed E-state index contributed by atoms with van der Waals surface area (Å²) in [5.74, 6) is 0. The van der Waals surface area contributed by atoms with Crippen molar-refractivity contribution in [2.75, 3.05) is 4.90 Å². The molecule has 1 aromatic heterocycles. The third-order valence-electron chi connectivity index (χ3n) is 12.8. The van der Waals surface area contributed by atoms with Gasteiger partial charge in [-0.3, -0.25) is 0 Å². The molecule has 1 aliphatic carbocycles. The van der Waals surface area contributed by atoms with Crippen molar-refractivity contribution in [2.45, 2.75) is 5.41 Å². The van der Waals surface area contributed by atoms with Crippen LogP contribution in [0.2, 0.25) is 0 Å². The summed E-state index contributed by atoms with van der Waals surface area (Å²) >= 11 is 1.89. The Morgan fingerprint density at radius 1 is 0.344 bits per heavy atom. The molecular formula is C59H39NS. The molecule has 286 valence electrons. The fourth-order valence-corrected chi connectivity index (χ4v) is 11.5. The smallest absolute Gasteiger partial charge is 0.0714 e. The lowest BCUT2D eigenvalue weighted by Crippen LogP contribution is -2.28. The predicted octanol–water partition coefficient (Wildman–Crippen LogP) is 16.4. The number of rotatable bonds is 7. The molecule has 0 spiro atoms. The van der Waals surface area contributed by atoms with E-state index in [4.69, 9.17) is 0 Å². The number of nitrogens with zero attached hydrogens (tertiary/aromatic N) is 1. The molecule has 0 unspecified atom stereocenters. The molecule has 61 heavy (non-hydrogen) atoms. The Morgan fingerprint density at radius 3 is 1.67 bits per heavy atom. The van der Waals surface area contributed by atoms with Crippen LogP contribution in [0.4, 0.5) is 17.1 Å². The van der Waals surface area contributed by atoms with Crippen LogP contribution in [0, 0.1) is 0 Å². The van der Waals surface area contributed by atoms with Crippen LogP contribution in [-0.4, -0.2) is 0 Å². The summed E-state index contributed by atoms with van der Waals surface area (Å²) in [4.78, 5) is 2.58. The summed E-state index contributed by atoms with van der Waals surface area (Å²) in [5, 5.41) is 5.03. The van der Waals surface area contributed by atoms with E-state index >= 15 is 0 Å². The highest BCUT2D eigenvalue weighted by Crippen LogP contribution is 2.60. The minimum Gasteiger partial charge on any atom is -0.308 e. The van der Waals surface area contributed by atoms with E-state index in [1.165, 1.54) is 86.6 Å². The number of fused-ring (bicyclic) bond motifs is 7. The lowest BCUT2D eigenvalue weighted by atomic mass is 9.68. The summed E-state index contributed by atoms with van der Waals surface area (Å²) in [6.45, 7) is 0. The second-order valence-electron chi connectivity index (χ2n) is 15.9.